The fourth-order valence-corrected chi connectivity index (χ4v) is 4.17. The summed E-state index contributed by atoms with van der Waals surface area (Å²) < 4.78 is 31.1. The lowest BCUT2D eigenvalue weighted by molar-refractivity contribution is -0.122. The van der Waals surface area contributed by atoms with E-state index in [1.807, 2.05) is 39.0 Å². The Bertz CT molecular complexity index is 957. The molecule has 6 nitrogen and oxygen atoms in total. The number of hydrogen-bond acceptors (Lipinski definition) is 4. The summed E-state index contributed by atoms with van der Waals surface area (Å²) >= 11 is 0. The molecule has 0 radical (unpaired) electrons. The van der Waals surface area contributed by atoms with Gasteiger partial charge >= 0.3 is 0 Å². The van der Waals surface area contributed by atoms with Crippen molar-refractivity contribution in [1.29, 1.82) is 0 Å². The van der Waals surface area contributed by atoms with Gasteiger partial charge in [0, 0.05) is 6.07 Å². The molecule has 0 fully saturated rings. The number of carbonyl (C=O) groups is 1. The summed E-state index contributed by atoms with van der Waals surface area (Å²) in [5.74, 6) is 0.140. The van der Waals surface area contributed by atoms with Crippen molar-refractivity contribution in [3.63, 3.8) is 0 Å². The minimum absolute atomic E-state index is 0.249. The number of amides is 1. The van der Waals surface area contributed by atoms with Crippen molar-refractivity contribution in [2.24, 2.45) is 0 Å². The topological polar surface area (TPSA) is 75.7 Å². The fraction of sp³-hybridized carbons (Fsp3) is 0.381. The Balaban J connectivity index is 2.27. The van der Waals surface area contributed by atoms with E-state index in [2.05, 4.69) is 5.32 Å². The zero-order chi connectivity index (χ0) is 21.1. The van der Waals surface area contributed by atoms with Crippen LogP contribution in [-0.2, 0) is 14.8 Å². The van der Waals surface area contributed by atoms with Crippen LogP contribution in [0.15, 0.2) is 42.5 Å². The van der Waals surface area contributed by atoms with Crippen LogP contribution >= 0.6 is 0 Å². The molecule has 0 saturated heterocycles. The van der Waals surface area contributed by atoms with E-state index in [1.54, 1.807) is 31.2 Å². The quantitative estimate of drug-likeness (QED) is 0.768. The third-order valence-electron chi connectivity index (χ3n) is 4.79. The molecule has 0 saturated carbocycles. The molecule has 0 spiro atoms. The van der Waals surface area contributed by atoms with E-state index in [0.717, 1.165) is 21.7 Å². The van der Waals surface area contributed by atoms with Crippen molar-refractivity contribution in [2.45, 2.75) is 39.8 Å². The van der Waals surface area contributed by atoms with Crippen molar-refractivity contribution < 1.29 is 17.9 Å². The Kier molecular flexibility index (Phi) is 6.72. The minimum atomic E-state index is -3.68. The van der Waals surface area contributed by atoms with E-state index in [0.29, 0.717) is 11.4 Å². The van der Waals surface area contributed by atoms with Gasteiger partial charge in [-0.2, -0.15) is 0 Å². The van der Waals surface area contributed by atoms with E-state index in [9.17, 15) is 13.2 Å². The largest absolute Gasteiger partial charge is 0.497 e. The number of ether oxygens (including phenoxy) is 1. The van der Waals surface area contributed by atoms with Crippen LogP contribution in [0.5, 0.6) is 5.75 Å². The standard InChI is InChI=1S/C21H28N2O4S/c1-14-10-11-18(12-15(14)2)16(3)22-21(24)17(4)23(28(6,25)26)19-8-7-9-20(13-19)27-5/h7-13,16-17H,1-6H3,(H,22,24)/t16-,17+/m0/s1. The van der Waals surface area contributed by atoms with Gasteiger partial charge in [0.15, 0.2) is 0 Å². The number of anilines is 1. The second kappa shape index (κ2) is 8.65. The number of sulfonamides is 1. The third kappa shape index (κ3) is 5.04. The van der Waals surface area contributed by atoms with Gasteiger partial charge in [0.1, 0.15) is 11.8 Å². The van der Waals surface area contributed by atoms with Gasteiger partial charge in [-0.3, -0.25) is 9.10 Å². The van der Waals surface area contributed by atoms with E-state index >= 15 is 0 Å². The molecule has 2 rings (SSSR count). The molecule has 1 amide bonds. The summed E-state index contributed by atoms with van der Waals surface area (Å²) in [4.78, 5) is 12.8. The maximum atomic E-state index is 12.8. The first-order valence-corrected chi connectivity index (χ1v) is 10.9. The van der Waals surface area contributed by atoms with Crippen LogP contribution in [0.25, 0.3) is 0 Å². The van der Waals surface area contributed by atoms with Gasteiger partial charge in [-0.1, -0.05) is 24.3 Å². The van der Waals surface area contributed by atoms with Gasteiger partial charge in [-0.15, -0.1) is 0 Å². The normalized spacial score (nSPS) is 13.5. The zero-order valence-electron chi connectivity index (χ0n) is 17.2. The molecule has 0 aromatic heterocycles. The summed E-state index contributed by atoms with van der Waals surface area (Å²) in [6.45, 7) is 7.50. The highest BCUT2D eigenvalue weighted by atomic mass is 32.2. The van der Waals surface area contributed by atoms with Crippen molar-refractivity contribution in [3.05, 3.63) is 59.2 Å². The highest BCUT2D eigenvalue weighted by Gasteiger charge is 2.30. The van der Waals surface area contributed by atoms with E-state index in [1.165, 1.54) is 12.7 Å². The average Bonchev–Trinajstić information content (AvgIpc) is 2.62. The maximum Gasteiger partial charge on any atom is 0.244 e. The first kappa shape index (κ1) is 21.8. The summed E-state index contributed by atoms with van der Waals surface area (Å²) in [5.41, 5.74) is 3.66. The second-order valence-corrected chi connectivity index (χ2v) is 8.87. The number of benzene rings is 2. The maximum absolute atomic E-state index is 12.8. The van der Waals surface area contributed by atoms with Crippen molar-refractivity contribution >= 4 is 21.6 Å². The Morgan fingerprint density at radius 2 is 1.75 bits per heavy atom. The Morgan fingerprint density at radius 3 is 2.32 bits per heavy atom. The van der Waals surface area contributed by atoms with Gasteiger partial charge in [0.25, 0.3) is 0 Å². The lowest BCUT2D eigenvalue weighted by atomic mass is 10.0. The van der Waals surface area contributed by atoms with Crippen LogP contribution in [0.4, 0.5) is 5.69 Å². The van der Waals surface area contributed by atoms with Gasteiger partial charge in [-0.05, 0) is 56.5 Å². The number of hydrogen-bond donors (Lipinski definition) is 1. The average molecular weight is 405 g/mol. The lowest BCUT2D eigenvalue weighted by Gasteiger charge is -2.29. The summed E-state index contributed by atoms with van der Waals surface area (Å²) in [6.07, 6.45) is 1.09. The molecular formula is C21H28N2O4S. The number of aryl methyl sites for hydroxylation is 2. The molecule has 0 bridgehead atoms. The van der Waals surface area contributed by atoms with E-state index < -0.39 is 16.1 Å². The van der Waals surface area contributed by atoms with Crippen LogP contribution in [0.1, 0.15) is 36.6 Å². The number of methoxy groups -OCH3 is 1. The molecule has 0 aliphatic rings. The van der Waals surface area contributed by atoms with Crippen molar-refractivity contribution in [3.8, 4) is 5.75 Å². The van der Waals surface area contributed by atoms with Crippen LogP contribution < -0.4 is 14.4 Å². The lowest BCUT2D eigenvalue weighted by Crippen LogP contribution is -2.48. The first-order chi connectivity index (χ1) is 13.0. The first-order valence-electron chi connectivity index (χ1n) is 9.05. The molecule has 0 unspecified atom stereocenters. The van der Waals surface area contributed by atoms with Gasteiger partial charge < -0.3 is 10.1 Å². The summed E-state index contributed by atoms with van der Waals surface area (Å²) in [6, 6.07) is 11.5. The third-order valence-corrected chi connectivity index (χ3v) is 6.03. The Morgan fingerprint density at radius 1 is 1.07 bits per heavy atom. The van der Waals surface area contributed by atoms with E-state index in [-0.39, 0.29) is 11.9 Å². The van der Waals surface area contributed by atoms with Gasteiger partial charge in [0.2, 0.25) is 15.9 Å². The minimum Gasteiger partial charge on any atom is -0.497 e. The van der Waals surface area contributed by atoms with Crippen LogP contribution in [0.3, 0.4) is 0 Å². The smallest absolute Gasteiger partial charge is 0.244 e. The second-order valence-electron chi connectivity index (χ2n) is 7.01. The molecule has 28 heavy (non-hydrogen) atoms. The van der Waals surface area contributed by atoms with E-state index in [4.69, 9.17) is 4.74 Å². The van der Waals surface area contributed by atoms with Crippen LogP contribution in [-0.4, -0.2) is 33.7 Å². The molecule has 0 aliphatic carbocycles. The number of rotatable bonds is 7. The molecule has 1 N–H and O–H groups in total. The number of nitrogens with one attached hydrogen (secondary N) is 1. The molecule has 152 valence electrons. The number of carbonyl (C=O) groups excluding carboxylic acids is 1. The molecule has 7 heteroatoms. The summed E-state index contributed by atoms with van der Waals surface area (Å²) in [5, 5.41) is 2.92. The Hall–Kier alpha value is -2.54. The van der Waals surface area contributed by atoms with Gasteiger partial charge in [-0.25, -0.2) is 8.42 Å². The molecule has 0 aliphatic heterocycles. The zero-order valence-corrected chi connectivity index (χ0v) is 18.0. The SMILES string of the molecule is COc1cccc(N([C@H](C)C(=O)N[C@@H](C)c2ccc(C)c(C)c2)S(C)(=O)=O)c1. The fourth-order valence-electron chi connectivity index (χ4n) is 3.01. The predicted octanol–water partition coefficient (Wildman–Crippen LogP) is 3.34. The van der Waals surface area contributed by atoms with Crippen LogP contribution in [0.2, 0.25) is 0 Å². The summed E-state index contributed by atoms with van der Waals surface area (Å²) in [7, 11) is -2.18. The van der Waals surface area contributed by atoms with Crippen molar-refractivity contribution in [1.82, 2.24) is 5.32 Å². The highest BCUT2D eigenvalue weighted by molar-refractivity contribution is 7.92. The molecule has 0 heterocycles. The highest BCUT2D eigenvalue weighted by Crippen LogP contribution is 2.26. The molecule has 2 aromatic rings. The molecule has 2 atom stereocenters. The monoisotopic (exact) mass is 404 g/mol. The predicted molar refractivity (Wildman–Crippen MR) is 112 cm³/mol. The van der Waals surface area contributed by atoms with Crippen LogP contribution in [0, 0.1) is 13.8 Å². The molecule has 2 aromatic carbocycles. The molecular weight excluding hydrogens is 376 g/mol. The van der Waals surface area contributed by atoms with Gasteiger partial charge in [0.05, 0.1) is 25.1 Å². The Labute approximate surface area is 167 Å². The number of nitrogens with zero attached hydrogens (tertiary/aromatic N) is 1. The van der Waals surface area contributed by atoms with Crippen molar-refractivity contribution in [2.75, 3.05) is 17.7 Å².